The molecule has 0 saturated heterocycles. The fourth-order valence-corrected chi connectivity index (χ4v) is 2.21. The Morgan fingerprint density at radius 1 is 1.47 bits per heavy atom. The van der Waals surface area contributed by atoms with Crippen molar-refractivity contribution in [3.8, 4) is 0 Å². The summed E-state index contributed by atoms with van der Waals surface area (Å²) in [5.74, 6) is -1.22. The van der Waals surface area contributed by atoms with Crippen molar-refractivity contribution in [3.63, 3.8) is 0 Å². The van der Waals surface area contributed by atoms with Crippen molar-refractivity contribution < 1.29 is 14.8 Å². The molecule has 8 heteroatoms. The lowest BCUT2D eigenvalue weighted by Crippen LogP contribution is -2.18. The first-order chi connectivity index (χ1) is 9.08. The molecule has 1 aliphatic carbocycles. The van der Waals surface area contributed by atoms with Gasteiger partial charge in [-0.05, 0) is 25.3 Å². The quantitative estimate of drug-likeness (QED) is 0.666. The van der Waals surface area contributed by atoms with Gasteiger partial charge in [-0.15, -0.1) is 5.10 Å². The number of carbonyl (C=O) groups is 1. The predicted molar refractivity (Wildman–Crippen MR) is 64.0 cm³/mol. The lowest BCUT2D eigenvalue weighted by Gasteiger charge is -2.25. The van der Waals surface area contributed by atoms with Crippen molar-refractivity contribution in [1.29, 1.82) is 0 Å². The summed E-state index contributed by atoms with van der Waals surface area (Å²) in [5.41, 5.74) is 0.143. The fraction of sp³-hybridized carbons (Fsp3) is 0.364. The van der Waals surface area contributed by atoms with Gasteiger partial charge >= 0.3 is 5.97 Å². The first-order valence-corrected chi connectivity index (χ1v) is 5.84. The molecule has 98 valence electrons. The number of nitrogens with zero attached hydrogens (tertiary/aromatic N) is 4. The number of rotatable bonds is 3. The molecule has 1 aromatic heterocycles. The monoisotopic (exact) mass is 262 g/mol. The van der Waals surface area contributed by atoms with Crippen molar-refractivity contribution in [1.82, 2.24) is 15.0 Å². The SMILES string of the molecule is O=C(O)c1cc([N+](=O)[O-])c2c(c1)nnn2C1CCC1. The van der Waals surface area contributed by atoms with Crippen molar-refractivity contribution in [2.45, 2.75) is 25.3 Å². The number of nitro benzene ring substituents is 1. The Kier molecular flexibility index (Phi) is 2.44. The number of carboxylic acid groups (broad SMARTS) is 1. The molecule has 3 rings (SSSR count). The second-order valence-corrected chi connectivity index (χ2v) is 4.54. The lowest BCUT2D eigenvalue weighted by molar-refractivity contribution is -0.383. The van der Waals surface area contributed by atoms with E-state index < -0.39 is 10.9 Å². The minimum atomic E-state index is -1.22. The summed E-state index contributed by atoms with van der Waals surface area (Å²) >= 11 is 0. The highest BCUT2D eigenvalue weighted by Gasteiger charge is 2.28. The van der Waals surface area contributed by atoms with Crippen LogP contribution in [0.4, 0.5) is 5.69 Å². The van der Waals surface area contributed by atoms with Crippen molar-refractivity contribution in [2.75, 3.05) is 0 Å². The second-order valence-electron chi connectivity index (χ2n) is 4.54. The third kappa shape index (κ3) is 1.72. The molecule has 19 heavy (non-hydrogen) atoms. The highest BCUT2D eigenvalue weighted by molar-refractivity contribution is 5.96. The van der Waals surface area contributed by atoms with Crippen molar-refractivity contribution in [3.05, 3.63) is 27.8 Å². The van der Waals surface area contributed by atoms with Gasteiger partial charge in [0.2, 0.25) is 0 Å². The van der Waals surface area contributed by atoms with Crippen LogP contribution in [-0.4, -0.2) is 31.0 Å². The maximum Gasteiger partial charge on any atom is 0.336 e. The van der Waals surface area contributed by atoms with Gasteiger partial charge in [0.25, 0.3) is 5.69 Å². The topological polar surface area (TPSA) is 111 Å². The van der Waals surface area contributed by atoms with E-state index in [1.165, 1.54) is 6.07 Å². The molecule has 0 atom stereocenters. The van der Waals surface area contributed by atoms with E-state index in [9.17, 15) is 14.9 Å². The second kappa shape index (κ2) is 4.01. The average molecular weight is 262 g/mol. The molecular weight excluding hydrogens is 252 g/mol. The number of carboxylic acids is 1. The molecule has 0 radical (unpaired) electrons. The van der Waals surface area contributed by atoms with Crippen LogP contribution in [0.1, 0.15) is 35.7 Å². The zero-order chi connectivity index (χ0) is 13.6. The van der Waals surface area contributed by atoms with Gasteiger partial charge in [0, 0.05) is 6.07 Å². The molecule has 0 amide bonds. The van der Waals surface area contributed by atoms with Gasteiger partial charge in [0.05, 0.1) is 16.5 Å². The Hall–Kier alpha value is -2.51. The molecule has 1 fully saturated rings. The summed E-state index contributed by atoms with van der Waals surface area (Å²) in [6, 6.07) is 2.50. The predicted octanol–water partition coefficient (Wildman–Crippen LogP) is 1.76. The number of hydrogen-bond donors (Lipinski definition) is 1. The molecule has 0 bridgehead atoms. The highest BCUT2D eigenvalue weighted by atomic mass is 16.6. The Morgan fingerprint density at radius 2 is 2.21 bits per heavy atom. The maximum absolute atomic E-state index is 11.1. The number of benzene rings is 1. The molecule has 8 nitrogen and oxygen atoms in total. The molecular formula is C11H10N4O4. The molecule has 1 N–H and O–H groups in total. The minimum absolute atomic E-state index is 0.124. The van der Waals surface area contributed by atoms with Gasteiger partial charge in [-0.3, -0.25) is 10.1 Å². The van der Waals surface area contributed by atoms with Gasteiger partial charge in [0.1, 0.15) is 5.52 Å². The number of nitro groups is 1. The zero-order valence-electron chi connectivity index (χ0n) is 9.81. The maximum atomic E-state index is 11.1. The third-order valence-electron chi connectivity index (χ3n) is 3.41. The summed E-state index contributed by atoms with van der Waals surface area (Å²) < 4.78 is 1.54. The summed E-state index contributed by atoms with van der Waals surface area (Å²) in [6.45, 7) is 0. The van der Waals surface area contributed by atoms with E-state index in [0.717, 1.165) is 25.3 Å². The van der Waals surface area contributed by atoms with E-state index in [1.54, 1.807) is 4.68 Å². The molecule has 0 spiro atoms. The zero-order valence-corrected chi connectivity index (χ0v) is 9.81. The van der Waals surface area contributed by atoms with Gasteiger partial charge in [0.15, 0.2) is 5.52 Å². The number of aromatic nitrogens is 3. The first-order valence-electron chi connectivity index (χ1n) is 5.84. The van der Waals surface area contributed by atoms with Crippen molar-refractivity contribution in [2.24, 2.45) is 0 Å². The van der Waals surface area contributed by atoms with Crippen LogP contribution in [0, 0.1) is 10.1 Å². The molecule has 1 heterocycles. The Morgan fingerprint density at radius 3 is 2.74 bits per heavy atom. The van der Waals surface area contributed by atoms with Crippen LogP contribution < -0.4 is 0 Å². The lowest BCUT2D eigenvalue weighted by atomic mass is 9.93. The molecule has 1 aliphatic rings. The normalized spacial score (nSPS) is 15.4. The summed E-state index contributed by atoms with van der Waals surface area (Å²) in [6.07, 6.45) is 2.89. The first kappa shape index (κ1) is 11.6. The average Bonchev–Trinajstić information content (AvgIpc) is 2.69. The van der Waals surface area contributed by atoms with E-state index in [4.69, 9.17) is 5.11 Å². The Labute approximate surface area is 106 Å². The molecule has 0 aliphatic heterocycles. The van der Waals surface area contributed by atoms with E-state index >= 15 is 0 Å². The summed E-state index contributed by atoms with van der Waals surface area (Å²) in [4.78, 5) is 21.5. The van der Waals surface area contributed by atoms with E-state index in [2.05, 4.69) is 10.3 Å². The number of hydrogen-bond acceptors (Lipinski definition) is 5. The van der Waals surface area contributed by atoms with E-state index in [-0.39, 0.29) is 22.8 Å². The standard InChI is InChI=1S/C11H10N4O4/c16-11(17)6-4-8-10(9(5-6)15(18)19)14(13-12-8)7-2-1-3-7/h4-5,7H,1-3H2,(H,16,17). The molecule has 0 unspecified atom stereocenters. The number of non-ortho nitro benzene ring substituents is 1. The van der Waals surface area contributed by atoms with E-state index in [1.807, 2.05) is 0 Å². The smallest absolute Gasteiger partial charge is 0.336 e. The van der Waals surface area contributed by atoms with Crippen LogP contribution in [0.2, 0.25) is 0 Å². The van der Waals surface area contributed by atoms with Crippen LogP contribution in [0.15, 0.2) is 12.1 Å². The van der Waals surface area contributed by atoms with Crippen LogP contribution in [0.5, 0.6) is 0 Å². The Balaban J connectivity index is 2.27. The highest BCUT2D eigenvalue weighted by Crippen LogP contribution is 2.36. The number of fused-ring (bicyclic) bond motifs is 1. The summed E-state index contributed by atoms with van der Waals surface area (Å²) in [7, 11) is 0. The van der Waals surface area contributed by atoms with Crippen LogP contribution in [-0.2, 0) is 0 Å². The van der Waals surface area contributed by atoms with Gasteiger partial charge < -0.3 is 5.11 Å². The summed E-state index contributed by atoms with van der Waals surface area (Å²) in [5, 5.41) is 27.8. The van der Waals surface area contributed by atoms with Crippen LogP contribution in [0.3, 0.4) is 0 Å². The van der Waals surface area contributed by atoms with E-state index in [0.29, 0.717) is 5.52 Å². The molecule has 2 aromatic rings. The molecule has 1 saturated carbocycles. The largest absolute Gasteiger partial charge is 0.478 e. The third-order valence-corrected chi connectivity index (χ3v) is 3.41. The van der Waals surface area contributed by atoms with Crippen molar-refractivity contribution >= 4 is 22.7 Å². The van der Waals surface area contributed by atoms with Gasteiger partial charge in [-0.1, -0.05) is 5.21 Å². The molecule has 1 aromatic carbocycles. The minimum Gasteiger partial charge on any atom is -0.478 e. The van der Waals surface area contributed by atoms with Crippen LogP contribution >= 0.6 is 0 Å². The Bertz CT molecular complexity index is 689. The number of aromatic carboxylic acids is 1. The fourth-order valence-electron chi connectivity index (χ4n) is 2.21. The van der Waals surface area contributed by atoms with Crippen LogP contribution in [0.25, 0.3) is 11.0 Å². The van der Waals surface area contributed by atoms with Gasteiger partial charge in [-0.2, -0.15) is 0 Å². The van der Waals surface area contributed by atoms with Gasteiger partial charge in [-0.25, -0.2) is 9.48 Å².